The molecule has 0 bridgehead atoms. The molecule has 1 aliphatic rings. The zero-order chi connectivity index (χ0) is 14.1. The van der Waals surface area contributed by atoms with Crippen LogP contribution in [-0.2, 0) is 17.6 Å². The maximum Gasteiger partial charge on any atom is 0.228 e. The summed E-state index contributed by atoms with van der Waals surface area (Å²) in [4.78, 5) is 12.4. The number of nitrogens with two attached hydrogens (primary N) is 1. The molecule has 3 rings (SSSR count). The lowest BCUT2D eigenvalue weighted by atomic mass is 10.0. The Morgan fingerprint density at radius 2 is 1.75 bits per heavy atom. The van der Waals surface area contributed by atoms with Crippen molar-refractivity contribution in [2.75, 3.05) is 11.1 Å². The average molecular weight is 266 g/mol. The van der Waals surface area contributed by atoms with Crippen molar-refractivity contribution in [3.05, 3.63) is 59.2 Å². The van der Waals surface area contributed by atoms with Gasteiger partial charge in [0.2, 0.25) is 5.91 Å². The predicted molar refractivity (Wildman–Crippen MR) is 81.6 cm³/mol. The average Bonchev–Trinajstić information content (AvgIpc) is 2.88. The molecule has 0 radical (unpaired) electrons. The van der Waals surface area contributed by atoms with Gasteiger partial charge in [-0.25, -0.2) is 0 Å². The molecular formula is C17H18N2O. The highest BCUT2D eigenvalue weighted by atomic mass is 16.1. The molecule has 102 valence electrons. The quantitative estimate of drug-likeness (QED) is 0.821. The first-order chi connectivity index (χ1) is 9.65. The number of anilines is 2. The smallest absolute Gasteiger partial charge is 0.228 e. The molecule has 20 heavy (non-hydrogen) atoms. The first kappa shape index (κ1) is 12.7. The maximum atomic E-state index is 12.4. The minimum Gasteiger partial charge on any atom is -0.398 e. The van der Waals surface area contributed by atoms with Crippen LogP contribution in [-0.4, -0.2) is 5.91 Å². The maximum absolute atomic E-state index is 12.4. The highest BCUT2D eigenvalue weighted by molar-refractivity contribution is 5.94. The fourth-order valence-electron chi connectivity index (χ4n) is 2.77. The van der Waals surface area contributed by atoms with Gasteiger partial charge in [0.1, 0.15) is 0 Å². The van der Waals surface area contributed by atoms with Crippen LogP contribution in [0, 0.1) is 12.8 Å². The van der Waals surface area contributed by atoms with Gasteiger partial charge in [-0.2, -0.15) is 0 Å². The number of carbonyl (C=O) groups excluding carboxylic acids is 1. The fraction of sp³-hybridized carbons (Fsp3) is 0.235. The summed E-state index contributed by atoms with van der Waals surface area (Å²) in [6, 6.07) is 13.9. The van der Waals surface area contributed by atoms with Crippen LogP contribution in [0.5, 0.6) is 0 Å². The zero-order valence-corrected chi connectivity index (χ0v) is 11.5. The Kier molecular flexibility index (Phi) is 3.18. The van der Waals surface area contributed by atoms with Crippen molar-refractivity contribution in [1.82, 2.24) is 0 Å². The van der Waals surface area contributed by atoms with E-state index < -0.39 is 0 Å². The Morgan fingerprint density at radius 3 is 2.40 bits per heavy atom. The van der Waals surface area contributed by atoms with E-state index in [2.05, 4.69) is 17.4 Å². The van der Waals surface area contributed by atoms with Crippen molar-refractivity contribution in [1.29, 1.82) is 0 Å². The highest BCUT2D eigenvalue weighted by Gasteiger charge is 2.27. The Balaban J connectivity index is 1.74. The van der Waals surface area contributed by atoms with E-state index in [9.17, 15) is 4.79 Å². The lowest BCUT2D eigenvalue weighted by Crippen LogP contribution is -2.23. The summed E-state index contributed by atoms with van der Waals surface area (Å²) in [6.07, 6.45) is 1.65. The molecule has 3 N–H and O–H groups in total. The third-order valence-electron chi connectivity index (χ3n) is 4.06. The van der Waals surface area contributed by atoms with Gasteiger partial charge in [-0.15, -0.1) is 0 Å². The highest BCUT2D eigenvalue weighted by Crippen LogP contribution is 2.28. The molecule has 0 unspecified atom stereocenters. The summed E-state index contributed by atoms with van der Waals surface area (Å²) in [7, 11) is 0. The van der Waals surface area contributed by atoms with E-state index in [1.807, 2.05) is 37.3 Å². The lowest BCUT2D eigenvalue weighted by molar-refractivity contribution is -0.119. The van der Waals surface area contributed by atoms with Crippen LogP contribution < -0.4 is 11.1 Å². The van der Waals surface area contributed by atoms with Crippen molar-refractivity contribution in [3.63, 3.8) is 0 Å². The van der Waals surface area contributed by atoms with Crippen molar-refractivity contribution in [3.8, 4) is 0 Å². The van der Waals surface area contributed by atoms with Crippen LogP contribution in [0.2, 0.25) is 0 Å². The summed E-state index contributed by atoms with van der Waals surface area (Å²) in [5.74, 6) is 0.100. The molecule has 0 aromatic heterocycles. The Morgan fingerprint density at radius 1 is 1.10 bits per heavy atom. The van der Waals surface area contributed by atoms with Crippen LogP contribution >= 0.6 is 0 Å². The number of fused-ring (bicyclic) bond motifs is 1. The van der Waals surface area contributed by atoms with Crippen LogP contribution in [0.25, 0.3) is 0 Å². The second-order valence-electron chi connectivity index (χ2n) is 5.38. The molecule has 0 saturated heterocycles. The van der Waals surface area contributed by atoms with E-state index in [1.54, 1.807) is 0 Å². The van der Waals surface area contributed by atoms with E-state index in [4.69, 9.17) is 5.73 Å². The summed E-state index contributed by atoms with van der Waals surface area (Å²) in [5, 5.41) is 3.01. The monoisotopic (exact) mass is 266 g/mol. The first-order valence-corrected chi connectivity index (χ1v) is 6.88. The van der Waals surface area contributed by atoms with Crippen molar-refractivity contribution in [2.45, 2.75) is 19.8 Å². The number of nitrogen functional groups attached to an aromatic ring is 1. The largest absolute Gasteiger partial charge is 0.398 e. The predicted octanol–water partition coefficient (Wildman–Crippen LogP) is 2.93. The van der Waals surface area contributed by atoms with Gasteiger partial charge in [-0.3, -0.25) is 4.79 Å². The van der Waals surface area contributed by atoms with Gasteiger partial charge < -0.3 is 11.1 Å². The molecular weight excluding hydrogens is 248 g/mol. The molecule has 0 atom stereocenters. The second-order valence-corrected chi connectivity index (χ2v) is 5.38. The van der Waals surface area contributed by atoms with Gasteiger partial charge in [-0.05, 0) is 48.6 Å². The molecule has 2 aromatic carbocycles. The van der Waals surface area contributed by atoms with E-state index in [0.29, 0.717) is 5.69 Å². The first-order valence-electron chi connectivity index (χ1n) is 6.88. The molecule has 1 aliphatic carbocycles. The van der Waals surface area contributed by atoms with E-state index >= 15 is 0 Å². The van der Waals surface area contributed by atoms with Gasteiger partial charge >= 0.3 is 0 Å². The zero-order valence-electron chi connectivity index (χ0n) is 11.5. The molecule has 3 nitrogen and oxygen atoms in total. The number of carbonyl (C=O) groups is 1. The minimum atomic E-state index is 0.0215. The van der Waals surface area contributed by atoms with Crippen molar-refractivity contribution < 1.29 is 4.79 Å². The van der Waals surface area contributed by atoms with E-state index in [1.165, 1.54) is 11.1 Å². The number of amides is 1. The van der Waals surface area contributed by atoms with E-state index in [0.717, 1.165) is 24.1 Å². The summed E-state index contributed by atoms with van der Waals surface area (Å²) in [6.45, 7) is 1.92. The molecule has 0 heterocycles. The minimum absolute atomic E-state index is 0.0215. The Hall–Kier alpha value is -2.29. The summed E-state index contributed by atoms with van der Waals surface area (Å²) < 4.78 is 0. The molecule has 0 fully saturated rings. The number of hydrogen-bond acceptors (Lipinski definition) is 2. The summed E-state index contributed by atoms with van der Waals surface area (Å²) >= 11 is 0. The summed E-state index contributed by atoms with van der Waals surface area (Å²) in [5.41, 5.74) is 10.9. The van der Waals surface area contributed by atoms with Gasteiger partial charge in [0.25, 0.3) is 0 Å². The molecule has 0 aliphatic heterocycles. The standard InChI is InChI=1S/C17H18N2O/c1-11-15(18)7-4-8-16(11)19-17(20)14-9-12-5-2-3-6-13(12)10-14/h2-8,14H,9-10,18H2,1H3,(H,19,20). The number of benzene rings is 2. The third kappa shape index (κ3) is 2.27. The molecule has 0 saturated carbocycles. The SMILES string of the molecule is Cc1c(N)cccc1NC(=O)C1Cc2ccccc2C1. The van der Waals surface area contributed by atoms with Crippen LogP contribution in [0.15, 0.2) is 42.5 Å². The van der Waals surface area contributed by atoms with Gasteiger partial charge in [0.05, 0.1) is 0 Å². The number of nitrogens with one attached hydrogen (secondary N) is 1. The Bertz CT molecular complexity index is 639. The third-order valence-corrected chi connectivity index (χ3v) is 4.06. The van der Waals surface area contributed by atoms with Crippen LogP contribution in [0.3, 0.4) is 0 Å². The topological polar surface area (TPSA) is 55.1 Å². The van der Waals surface area contributed by atoms with Crippen molar-refractivity contribution in [2.24, 2.45) is 5.92 Å². The molecule has 2 aromatic rings. The van der Waals surface area contributed by atoms with Gasteiger partial charge in [0, 0.05) is 17.3 Å². The molecule has 0 spiro atoms. The van der Waals surface area contributed by atoms with Gasteiger partial charge in [0.15, 0.2) is 0 Å². The van der Waals surface area contributed by atoms with Gasteiger partial charge in [-0.1, -0.05) is 30.3 Å². The molecule has 1 amide bonds. The lowest BCUT2D eigenvalue weighted by Gasteiger charge is -2.13. The fourth-order valence-corrected chi connectivity index (χ4v) is 2.77. The normalized spacial score (nSPS) is 14.1. The number of hydrogen-bond donors (Lipinski definition) is 2. The Labute approximate surface area is 118 Å². The van der Waals surface area contributed by atoms with Crippen LogP contribution in [0.4, 0.5) is 11.4 Å². The second kappa shape index (κ2) is 5.00. The molecule has 3 heteroatoms. The van der Waals surface area contributed by atoms with Crippen LogP contribution in [0.1, 0.15) is 16.7 Å². The van der Waals surface area contributed by atoms with E-state index in [-0.39, 0.29) is 11.8 Å². The number of rotatable bonds is 2. The van der Waals surface area contributed by atoms with Crippen molar-refractivity contribution >= 4 is 17.3 Å².